The van der Waals surface area contributed by atoms with E-state index in [1.807, 2.05) is 4.57 Å². The maximum Gasteiger partial charge on any atom is 0.253 e. The van der Waals surface area contributed by atoms with Crippen LogP contribution in [0.4, 0.5) is 14.5 Å². The van der Waals surface area contributed by atoms with E-state index in [0.717, 1.165) is 38.1 Å². The summed E-state index contributed by atoms with van der Waals surface area (Å²) < 4.78 is 29.9. The summed E-state index contributed by atoms with van der Waals surface area (Å²) in [6, 6.07) is 9.86. The third-order valence-electron chi connectivity index (χ3n) is 6.75. The van der Waals surface area contributed by atoms with E-state index in [-0.39, 0.29) is 18.4 Å². The summed E-state index contributed by atoms with van der Waals surface area (Å²) in [6.07, 6.45) is 5.28. The van der Waals surface area contributed by atoms with Crippen LogP contribution >= 0.6 is 0 Å². The Morgan fingerprint density at radius 3 is 2.60 bits per heavy atom. The van der Waals surface area contributed by atoms with Crippen LogP contribution in [0.2, 0.25) is 0 Å². The predicted molar refractivity (Wildman–Crippen MR) is 127 cm³/mol. The zero-order chi connectivity index (χ0) is 24.4. The Labute approximate surface area is 202 Å². The number of nitrogens with zero attached hydrogens (tertiary/aromatic N) is 4. The number of halogens is 2. The number of aromatic nitrogens is 3. The van der Waals surface area contributed by atoms with Gasteiger partial charge in [-0.3, -0.25) is 9.59 Å². The van der Waals surface area contributed by atoms with Crippen molar-refractivity contribution in [2.45, 2.75) is 45.1 Å². The number of fused-ring (bicyclic) bond motifs is 1. The molecule has 1 unspecified atom stereocenters. The maximum absolute atomic E-state index is 14.8. The Morgan fingerprint density at radius 1 is 0.943 bits per heavy atom. The molecular formula is C26H27F2N5O2. The van der Waals surface area contributed by atoms with Gasteiger partial charge in [0.2, 0.25) is 5.91 Å². The second kappa shape index (κ2) is 9.93. The van der Waals surface area contributed by atoms with Crippen molar-refractivity contribution in [2.24, 2.45) is 5.92 Å². The van der Waals surface area contributed by atoms with Gasteiger partial charge in [-0.1, -0.05) is 6.42 Å². The van der Waals surface area contributed by atoms with Crippen LogP contribution in [-0.2, 0) is 17.8 Å². The normalized spacial score (nSPS) is 18.0. The lowest BCUT2D eigenvalue weighted by atomic mass is 9.96. The van der Waals surface area contributed by atoms with Crippen molar-refractivity contribution < 1.29 is 18.4 Å². The summed E-state index contributed by atoms with van der Waals surface area (Å²) in [5, 5.41) is 11.4. The molecule has 0 aliphatic carbocycles. The molecule has 1 N–H and O–H groups in total. The van der Waals surface area contributed by atoms with Gasteiger partial charge in [-0.15, -0.1) is 10.2 Å². The third-order valence-corrected chi connectivity index (χ3v) is 6.75. The summed E-state index contributed by atoms with van der Waals surface area (Å²) >= 11 is 0. The highest BCUT2D eigenvalue weighted by molar-refractivity contribution is 5.96. The van der Waals surface area contributed by atoms with Gasteiger partial charge in [-0.25, -0.2) is 8.78 Å². The minimum absolute atomic E-state index is 0.223. The number of aryl methyl sites for hydroxylation is 1. The number of amides is 2. The highest BCUT2D eigenvalue weighted by Gasteiger charge is 2.29. The standard InChI is InChI=1S/C26H27F2N5O2/c27-19-9-7-17(8-10-19)26(35)32-13-4-5-18(16-32)25(34)29-20-11-12-22(28)21(15-20)24-31-30-23-6-2-1-3-14-33(23)24/h7-12,15,18H,1-6,13-14,16H2,(H,29,34). The molecule has 9 heteroatoms. The van der Waals surface area contributed by atoms with Gasteiger partial charge in [0, 0.05) is 37.3 Å². The van der Waals surface area contributed by atoms with Crippen molar-refractivity contribution in [1.82, 2.24) is 19.7 Å². The van der Waals surface area contributed by atoms with Gasteiger partial charge in [-0.05, 0) is 68.1 Å². The first-order chi connectivity index (χ1) is 17.0. The van der Waals surface area contributed by atoms with Crippen LogP contribution in [-0.4, -0.2) is 44.6 Å². The van der Waals surface area contributed by atoms with Crippen molar-refractivity contribution in [3.8, 4) is 11.4 Å². The van der Waals surface area contributed by atoms with Gasteiger partial charge < -0.3 is 14.8 Å². The van der Waals surface area contributed by atoms with E-state index in [9.17, 15) is 18.4 Å². The number of benzene rings is 2. The first-order valence-electron chi connectivity index (χ1n) is 12.1. The fraction of sp³-hybridized carbons (Fsp3) is 0.385. The number of nitrogens with one attached hydrogen (secondary N) is 1. The second-order valence-corrected chi connectivity index (χ2v) is 9.18. The van der Waals surface area contributed by atoms with Crippen LogP contribution in [0.3, 0.4) is 0 Å². The van der Waals surface area contributed by atoms with E-state index in [0.29, 0.717) is 42.0 Å². The molecule has 0 radical (unpaired) electrons. The summed E-state index contributed by atoms with van der Waals surface area (Å²) in [5.41, 5.74) is 1.17. The SMILES string of the molecule is O=C(Nc1ccc(F)c(-c2nnc3n2CCCCC3)c1)C1CCCN(C(=O)c2ccc(F)cc2)C1. The van der Waals surface area contributed by atoms with E-state index in [4.69, 9.17) is 0 Å². The number of likely N-dealkylation sites (tertiary alicyclic amines) is 1. The van der Waals surface area contributed by atoms with Crippen molar-refractivity contribution in [2.75, 3.05) is 18.4 Å². The lowest BCUT2D eigenvalue weighted by Gasteiger charge is -2.32. The molecule has 3 aromatic rings. The molecule has 7 nitrogen and oxygen atoms in total. The summed E-state index contributed by atoms with van der Waals surface area (Å²) in [4.78, 5) is 27.5. The first kappa shape index (κ1) is 23.1. The van der Waals surface area contributed by atoms with Crippen molar-refractivity contribution in [3.63, 3.8) is 0 Å². The van der Waals surface area contributed by atoms with Gasteiger partial charge >= 0.3 is 0 Å². The molecule has 0 saturated carbocycles. The van der Waals surface area contributed by atoms with E-state index in [1.54, 1.807) is 11.0 Å². The number of anilines is 1. The molecule has 2 aliphatic rings. The van der Waals surface area contributed by atoms with E-state index in [1.165, 1.54) is 36.4 Å². The molecule has 5 rings (SSSR count). The minimum Gasteiger partial charge on any atom is -0.338 e. The van der Waals surface area contributed by atoms with Crippen LogP contribution in [0, 0.1) is 17.6 Å². The lowest BCUT2D eigenvalue weighted by molar-refractivity contribution is -0.121. The molecule has 0 bridgehead atoms. The molecule has 35 heavy (non-hydrogen) atoms. The van der Waals surface area contributed by atoms with E-state index < -0.39 is 17.6 Å². The molecular weight excluding hydrogens is 452 g/mol. The number of piperidine rings is 1. The molecule has 0 spiro atoms. The Morgan fingerprint density at radius 2 is 1.77 bits per heavy atom. The smallest absolute Gasteiger partial charge is 0.253 e. The van der Waals surface area contributed by atoms with Gasteiger partial charge in [0.05, 0.1) is 11.5 Å². The average molecular weight is 480 g/mol. The number of carbonyl (C=O) groups excluding carboxylic acids is 2. The minimum atomic E-state index is -0.420. The van der Waals surface area contributed by atoms with Crippen LogP contribution in [0.15, 0.2) is 42.5 Å². The van der Waals surface area contributed by atoms with Gasteiger partial charge in [0.1, 0.15) is 17.5 Å². The summed E-state index contributed by atoms with van der Waals surface area (Å²) in [6.45, 7) is 1.56. The van der Waals surface area contributed by atoms with Gasteiger partial charge in [-0.2, -0.15) is 0 Å². The largest absolute Gasteiger partial charge is 0.338 e. The summed E-state index contributed by atoms with van der Waals surface area (Å²) in [5.74, 6) is -0.331. The van der Waals surface area contributed by atoms with Gasteiger partial charge in [0.15, 0.2) is 5.82 Å². The molecule has 1 saturated heterocycles. The average Bonchev–Trinajstić information content (AvgIpc) is 3.12. The quantitative estimate of drug-likeness (QED) is 0.600. The highest BCUT2D eigenvalue weighted by atomic mass is 19.1. The Bertz CT molecular complexity index is 1240. The Kier molecular flexibility index (Phi) is 6.57. The number of rotatable bonds is 4. The van der Waals surface area contributed by atoms with Crippen molar-refractivity contribution in [3.05, 3.63) is 65.5 Å². The maximum atomic E-state index is 14.8. The Hall–Kier alpha value is -3.62. The van der Waals surface area contributed by atoms with E-state index >= 15 is 0 Å². The predicted octanol–water partition coefficient (Wildman–Crippen LogP) is 4.44. The molecule has 2 amide bonds. The summed E-state index contributed by atoms with van der Waals surface area (Å²) in [7, 11) is 0. The van der Waals surface area contributed by atoms with Crippen LogP contribution in [0.25, 0.3) is 11.4 Å². The molecule has 1 atom stereocenters. The Balaban J connectivity index is 1.30. The zero-order valence-corrected chi connectivity index (χ0v) is 19.3. The van der Waals surface area contributed by atoms with Crippen LogP contribution in [0.1, 0.15) is 48.3 Å². The number of carbonyl (C=O) groups is 2. The molecule has 3 heterocycles. The fourth-order valence-electron chi connectivity index (χ4n) is 4.85. The molecule has 182 valence electrons. The second-order valence-electron chi connectivity index (χ2n) is 9.18. The topological polar surface area (TPSA) is 80.1 Å². The molecule has 1 aromatic heterocycles. The van der Waals surface area contributed by atoms with Crippen LogP contribution < -0.4 is 5.32 Å². The van der Waals surface area contributed by atoms with Crippen molar-refractivity contribution in [1.29, 1.82) is 0 Å². The number of hydrogen-bond acceptors (Lipinski definition) is 4. The zero-order valence-electron chi connectivity index (χ0n) is 19.3. The third kappa shape index (κ3) is 4.94. The molecule has 2 aromatic carbocycles. The van der Waals surface area contributed by atoms with Crippen LogP contribution in [0.5, 0.6) is 0 Å². The monoisotopic (exact) mass is 479 g/mol. The lowest BCUT2D eigenvalue weighted by Crippen LogP contribution is -2.43. The number of hydrogen-bond donors (Lipinski definition) is 1. The fourth-order valence-corrected chi connectivity index (χ4v) is 4.85. The highest BCUT2D eigenvalue weighted by Crippen LogP contribution is 2.28. The van der Waals surface area contributed by atoms with E-state index in [2.05, 4.69) is 15.5 Å². The van der Waals surface area contributed by atoms with Gasteiger partial charge in [0.25, 0.3) is 5.91 Å². The first-order valence-corrected chi connectivity index (χ1v) is 12.1. The molecule has 1 fully saturated rings. The van der Waals surface area contributed by atoms with Crippen molar-refractivity contribution >= 4 is 17.5 Å². The molecule has 2 aliphatic heterocycles.